The van der Waals surface area contributed by atoms with Crippen LogP contribution in [0.15, 0.2) is 48.5 Å². The maximum Gasteiger partial charge on any atom is 0.257 e. The third kappa shape index (κ3) is 3.89. The summed E-state index contributed by atoms with van der Waals surface area (Å²) in [5.74, 6) is 0.707. The van der Waals surface area contributed by atoms with Crippen LogP contribution in [0.4, 0.5) is 0 Å². The van der Waals surface area contributed by atoms with Crippen molar-refractivity contribution in [2.45, 2.75) is 13.0 Å². The molecule has 1 aliphatic heterocycles. The molecule has 4 nitrogen and oxygen atoms in total. The van der Waals surface area contributed by atoms with Crippen LogP contribution in [0.3, 0.4) is 0 Å². The first-order chi connectivity index (χ1) is 11.7. The van der Waals surface area contributed by atoms with Crippen molar-refractivity contribution in [1.29, 1.82) is 0 Å². The lowest BCUT2D eigenvalue weighted by Crippen LogP contribution is -2.29. The van der Waals surface area contributed by atoms with Crippen molar-refractivity contribution >= 4 is 17.5 Å². The average Bonchev–Trinajstić information content (AvgIpc) is 3.10. The number of carbonyl (C=O) groups is 1. The first-order valence-electron chi connectivity index (χ1n) is 8.04. The molecule has 0 aliphatic carbocycles. The van der Waals surface area contributed by atoms with E-state index in [4.69, 9.17) is 16.3 Å². The van der Waals surface area contributed by atoms with Crippen LogP contribution in [0, 0.1) is 5.92 Å². The highest BCUT2D eigenvalue weighted by molar-refractivity contribution is 6.30. The summed E-state index contributed by atoms with van der Waals surface area (Å²) in [6.07, 6.45) is 0.843. The molecule has 126 valence electrons. The van der Waals surface area contributed by atoms with E-state index in [1.165, 1.54) is 0 Å². The number of carbonyl (C=O) groups excluding carboxylic acids is 1. The normalized spacial score (nSPS) is 17.1. The molecule has 1 N–H and O–H groups in total. The van der Waals surface area contributed by atoms with Crippen molar-refractivity contribution in [3.8, 4) is 5.75 Å². The van der Waals surface area contributed by atoms with E-state index in [2.05, 4.69) is 0 Å². The van der Waals surface area contributed by atoms with Crippen LogP contribution in [-0.4, -0.2) is 35.6 Å². The van der Waals surface area contributed by atoms with Crippen molar-refractivity contribution in [1.82, 2.24) is 4.90 Å². The van der Waals surface area contributed by atoms with Gasteiger partial charge < -0.3 is 14.7 Å². The molecule has 1 aliphatic rings. The number of aliphatic hydroxyl groups excluding tert-OH is 1. The van der Waals surface area contributed by atoms with E-state index in [9.17, 15) is 9.90 Å². The Bertz CT molecular complexity index is 702. The number of hydrogen-bond acceptors (Lipinski definition) is 3. The molecule has 5 heteroatoms. The standard InChI is InChI=1S/C19H20ClNO3/c20-16-7-5-14(6-8-16)13-24-18-4-2-1-3-17(18)19(23)21-10-9-15(11-21)12-22/h1-8,15,22H,9-13H2. The van der Waals surface area contributed by atoms with Gasteiger partial charge in [-0.3, -0.25) is 4.79 Å². The molecule has 3 rings (SSSR count). The summed E-state index contributed by atoms with van der Waals surface area (Å²) >= 11 is 5.88. The largest absolute Gasteiger partial charge is 0.488 e. The van der Waals surface area contributed by atoms with Crippen LogP contribution in [0.25, 0.3) is 0 Å². The van der Waals surface area contributed by atoms with Crippen molar-refractivity contribution in [2.75, 3.05) is 19.7 Å². The second-order valence-corrected chi connectivity index (χ2v) is 6.44. The summed E-state index contributed by atoms with van der Waals surface area (Å²) in [4.78, 5) is 14.5. The van der Waals surface area contributed by atoms with Gasteiger partial charge in [0.1, 0.15) is 12.4 Å². The molecule has 1 atom stereocenters. The van der Waals surface area contributed by atoms with Crippen LogP contribution in [-0.2, 0) is 6.61 Å². The van der Waals surface area contributed by atoms with Gasteiger partial charge in [0.2, 0.25) is 0 Å². The lowest BCUT2D eigenvalue weighted by molar-refractivity contribution is 0.0777. The lowest BCUT2D eigenvalue weighted by atomic mass is 10.1. The summed E-state index contributed by atoms with van der Waals surface area (Å²) < 4.78 is 5.86. The summed E-state index contributed by atoms with van der Waals surface area (Å²) in [6, 6.07) is 14.7. The molecule has 2 aromatic carbocycles. The molecule has 0 saturated carbocycles. The van der Waals surface area contributed by atoms with Gasteiger partial charge in [0, 0.05) is 30.6 Å². The number of halogens is 1. The van der Waals surface area contributed by atoms with Crippen LogP contribution in [0.1, 0.15) is 22.3 Å². The topological polar surface area (TPSA) is 49.8 Å². The highest BCUT2D eigenvalue weighted by Crippen LogP contribution is 2.25. The monoisotopic (exact) mass is 345 g/mol. The molecule has 1 amide bonds. The minimum absolute atomic E-state index is 0.0438. The Morgan fingerprint density at radius 2 is 1.96 bits per heavy atom. The minimum atomic E-state index is -0.0438. The van der Waals surface area contributed by atoms with Crippen molar-refractivity contribution in [3.63, 3.8) is 0 Å². The number of amides is 1. The summed E-state index contributed by atoms with van der Waals surface area (Å²) in [6.45, 7) is 1.77. The molecule has 0 spiro atoms. The number of para-hydroxylation sites is 1. The summed E-state index contributed by atoms with van der Waals surface area (Å²) in [5.41, 5.74) is 1.55. The number of rotatable bonds is 5. The molecule has 0 aromatic heterocycles. The Morgan fingerprint density at radius 3 is 2.67 bits per heavy atom. The first kappa shape index (κ1) is 16.8. The Balaban J connectivity index is 1.70. The predicted octanol–water partition coefficient (Wildman–Crippen LogP) is 3.37. The average molecular weight is 346 g/mol. The Hall–Kier alpha value is -2.04. The van der Waals surface area contributed by atoms with Gasteiger partial charge in [-0.25, -0.2) is 0 Å². The molecular formula is C19H20ClNO3. The molecule has 24 heavy (non-hydrogen) atoms. The zero-order valence-corrected chi connectivity index (χ0v) is 14.1. The van der Waals surface area contributed by atoms with E-state index in [0.29, 0.717) is 36.0 Å². The van der Waals surface area contributed by atoms with Gasteiger partial charge in [-0.05, 0) is 36.2 Å². The maximum absolute atomic E-state index is 12.7. The first-order valence-corrected chi connectivity index (χ1v) is 8.41. The molecule has 1 saturated heterocycles. The fraction of sp³-hybridized carbons (Fsp3) is 0.316. The highest BCUT2D eigenvalue weighted by atomic mass is 35.5. The summed E-state index contributed by atoms with van der Waals surface area (Å²) in [7, 11) is 0. The molecular weight excluding hydrogens is 326 g/mol. The van der Waals surface area contributed by atoms with E-state index in [-0.39, 0.29) is 18.4 Å². The molecule has 0 bridgehead atoms. The van der Waals surface area contributed by atoms with E-state index >= 15 is 0 Å². The predicted molar refractivity (Wildman–Crippen MR) is 93.3 cm³/mol. The van der Waals surface area contributed by atoms with Crippen LogP contribution in [0.2, 0.25) is 5.02 Å². The van der Waals surface area contributed by atoms with Crippen LogP contribution in [0.5, 0.6) is 5.75 Å². The van der Waals surface area contributed by atoms with Gasteiger partial charge in [-0.2, -0.15) is 0 Å². The molecule has 1 fully saturated rings. The van der Waals surface area contributed by atoms with E-state index in [1.807, 2.05) is 42.5 Å². The van der Waals surface area contributed by atoms with Gasteiger partial charge in [0.05, 0.1) is 5.56 Å². The third-order valence-corrected chi connectivity index (χ3v) is 4.51. The fourth-order valence-corrected chi connectivity index (χ4v) is 2.97. The van der Waals surface area contributed by atoms with Gasteiger partial charge in [-0.1, -0.05) is 35.9 Å². The van der Waals surface area contributed by atoms with Crippen molar-refractivity contribution < 1.29 is 14.6 Å². The lowest BCUT2D eigenvalue weighted by Gasteiger charge is -2.18. The Morgan fingerprint density at radius 1 is 1.21 bits per heavy atom. The SMILES string of the molecule is O=C(c1ccccc1OCc1ccc(Cl)cc1)N1CCC(CO)C1. The zero-order valence-electron chi connectivity index (χ0n) is 13.3. The summed E-state index contributed by atoms with van der Waals surface area (Å²) in [5, 5.41) is 9.93. The molecule has 1 heterocycles. The molecule has 0 radical (unpaired) electrons. The molecule has 2 aromatic rings. The Kier molecular flexibility index (Phi) is 5.38. The number of nitrogens with zero attached hydrogens (tertiary/aromatic N) is 1. The number of likely N-dealkylation sites (tertiary alicyclic amines) is 1. The van der Waals surface area contributed by atoms with Crippen LogP contribution < -0.4 is 4.74 Å². The van der Waals surface area contributed by atoms with E-state index < -0.39 is 0 Å². The van der Waals surface area contributed by atoms with Crippen LogP contribution >= 0.6 is 11.6 Å². The van der Waals surface area contributed by atoms with Gasteiger partial charge in [0.25, 0.3) is 5.91 Å². The number of aliphatic hydroxyl groups is 1. The van der Waals surface area contributed by atoms with Gasteiger partial charge in [-0.15, -0.1) is 0 Å². The van der Waals surface area contributed by atoms with Crippen molar-refractivity contribution in [3.05, 3.63) is 64.7 Å². The zero-order chi connectivity index (χ0) is 16.9. The number of ether oxygens (including phenoxy) is 1. The van der Waals surface area contributed by atoms with E-state index in [0.717, 1.165) is 12.0 Å². The third-order valence-electron chi connectivity index (χ3n) is 4.26. The smallest absolute Gasteiger partial charge is 0.257 e. The minimum Gasteiger partial charge on any atom is -0.488 e. The number of benzene rings is 2. The second kappa shape index (κ2) is 7.69. The van der Waals surface area contributed by atoms with Crippen molar-refractivity contribution in [2.24, 2.45) is 5.92 Å². The molecule has 1 unspecified atom stereocenters. The Labute approximate surface area is 146 Å². The highest BCUT2D eigenvalue weighted by Gasteiger charge is 2.27. The number of hydrogen-bond donors (Lipinski definition) is 1. The quantitative estimate of drug-likeness (QED) is 0.903. The van der Waals surface area contributed by atoms with Gasteiger partial charge in [0.15, 0.2) is 0 Å². The van der Waals surface area contributed by atoms with E-state index in [1.54, 1.807) is 11.0 Å². The maximum atomic E-state index is 12.7. The fourth-order valence-electron chi connectivity index (χ4n) is 2.85. The van der Waals surface area contributed by atoms with Gasteiger partial charge >= 0.3 is 0 Å². The second-order valence-electron chi connectivity index (χ2n) is 6.00.